The summed E-state index contributed by atoms with van der Waals surface area (Å²) in [7, 11) is 1.33. The Morgan fingerprint density at radius 1 is 1.35 bits per heavy atom. The van der Waals surface area contributed by atoms with E-state index in [0.29, 0.717) is 12.2 Å². The first-order valence-corrected chi connectivity index (χ1v) is 5.58. The Balaban J connectivity index is 0.00000180. The molecule has 1 aromatic heterocycles. The smallest absolute Gasteiger partial charge is 0.322 e. The van der Waals surface area contributed by atoms with Gasteiger partial charge < -0.3 is 16.2 Å². The van der Waals surface area contributed by atoms with Crippen LogP contribution in [0.5, 0.6) is 0 Å². The van der Waals surface area contributed by atoms with Gasteiger partial charge in [0.1, 0.15) is 11.9 Å². The number of hydrogen-bond donors (Lipinski definition) is 2. The summed E-state index contributed by atoms with van der Waals surface area (Å²) in [6, 6.07) is 6.96. The molecule has 0 saturated heterocycles. The number of methoxy groups -OCH3 is 1. The Bertz CT molecular complexity index is 593. The number of carbonyl (C=O) groups is 1. The van der Waals surface area contributed by atoms with Crippen LogP contribution in [0.3, 0.4) is 0 Å². The molecular weight excluding hydrogens is 301 g/mol. The fourth-order valence-electron chi connectivity index (χ4n) is 1.87. The number of rotatable bonds is 3. The van der Waals surface area contributed by atoms with Gasteiger partial charge in [-0.25, -0.2) is 4.98 Å². The molecule has 2 aromatic rings. The number of hydrogen-bond acceptors (Lipinski definition) is 5. The summed E-state index contributed by atoms with van der Waals surface area (Å²) in [6.45, 7) is 0. The van der Waals surface area contributed by atoms with Gasteiger partial charge in [-0.05, 0) is 23.4 Å². The maximum Gasteiger partial charge on any atom is 0.322 e. The highest BCUT2D eigenvalue weighted by Crippen LogP contribution is 2.20. The largest absolute Gasteiger partial charge is 0.468 e. The van der Waals surface area contributed by atoms with Gasteiger partial charge in [0.25, 0.3) is 0 Å². The van der Waals surface area contributed by atoms with Gasteiger partial charge in [0.15, 0.2) is 0 Å². The molecule has 0 saturated carbocycles. The van der Waals surface area contributed by atoms with Gasteiger partial charge in [-0.15, -0.1) is 24.8 Å². The third kappa shape index (κ3) is 3.96. The number of aromatic nitrogens is 1. The molecule has 0 aliphatic carbocycles. The number of carbonyl (C=O) groups excluding carboxylic acids is 1. The maximum atomic E-state index is 11.3. The van der Waals surface area contributed by atoms with E-state index in [1.54, 1.807) is 6.20 Å². The van der Waals surface area contributed by atoms with Gasteiger partial charge in [0.05, 0.1) is 7.11 Å². The number of benzene rings is 1. The van der Waals surface area contributed by atoms with Crippen LogP contribution in [0.15, 0.2) is 30.5 Å². The van der Waals surface area contributed by atoms with Gasteiger partial charge in [0, 0.05) is 11.6 Å². The third-order valence-corrected chi connectivity index (χ3v) is 2.82. The van der Waals surface area contributed by atoms with Crippen LogP contribution in [0.2, 0.25) is 0 Å². The van der Waals surface area contributed by atoms with Crippen molar-refractivity contribution in [2.75, 3.05) is 12.8 Å². The Kier molecular flexibility index (Phi) is 7.28. The van der Waals surface area contributed by atoms with Gasteiger partial charge in [-0.1, -0.05) is 18.2 Å². The highest BCUT2D eigenvalue weighted by molar-refractivity contribution is 5.91. The van der Waals surface area contributed by atoms with E-state index < -0.39 is 12.0 Å². The molecule has 1 aromatic carbocycles. The first kappa shape index (κ1) is 18.4. The summed E-state index contributed by atoms with van der Waals surface area (Å²) in [5, 5.41) is 1.88. The Morgan fingerprint density at radius 3 is 2.70 bits per heavy atom. The second kappa shape index (κ2) is 7.89. The molecule has 0 aliphatic heterocycles. The number of nitrogen functional groups attached to an aromatic ring is 1. The summed E-state index contributed by atoms with van der Waals surface area (Å²) < 4.78 is 4.60. The van der Waals surface area contributed by atoms with Crippen molar-refractivity contribution in [3.8, 4) is 0 Å². The molecule has 20 heavy (non-hydrogen) atoms. The highest BCUT2D eigenvalue weighted by atomic mass is 35.5. The SMILES string of the molecule is COC(=O)C(N)Cc1ccc2c(N)nccc2c1.Cl.Cl. The van der Waals surface area contributed by atoms with Crippen LogP contribution in [0.25, 0.3) is 10.8 Å². The minimum atomic E-state index is -0.647. The summed E-state index contributed by atoms with van der Waals surface area (Å²) in [6.07, 6.45) is 2.09. The first-order valence-electron chi connectivity index (χ1n) is 5.58. The van der Waals surface area contributed by atoms with E-state index in [2.05, 4.69) is 9.72 Å². The van der Waals surface area contributed by atoms with Gasteiger partial charge in [0.2, 0.25) is 0 Å². The van der Waals surface area contributed by atoms with E-state index in [1.807, 2.05) is 24.3 Å². The van der Waals surface area contributed by atoms with Crippen molar-refractivity contribution in [3.63, 3.8) is 0 Å². The number of anilines is 1. The monoisotopic (exact) mass is 317 g/mol. The van der Waals surface area contributed by atoms with E-state index in [4.69, 9.17) is 11.5 Å². The molecule has 0 spiro atoms. The predicted octanol–water partition coefficient (Wildman–Crippen LogP) is 1.70. The van der Waals surface area contributed by atoms with Crippen molar-refractivity contribution in [1.29, 1.82) is 0 Å². The van der Waals surface area contributed by atoms with Crippen LogP contribution >= 0.6 is 24.8 Å². The highest BCUT2D eigenvalue weighted by Gasteiger charge is 2.14. The second-order valence-corrected chi connectivity index (χ2v) is 4.09. The Labute approximate surface area is 129 Å². The van der Waals surface area contributed by atoms with Crippen LogP contribution in [-0.2, 0) is 16.0 Å². The van der Waals surface area contributed by atoms with Crippen LogP contribution in [0.4, 0.5) is 5.82 Å². The summed E-state index contributed by atoms with van der Waals surface area (Å²) >= 11 is 0. The third-order valence-electron chi connectivity index (χ3n) is 2.82. The second-order valence-electron chi connectivity index (χ2n) is 4.09. The molecule has 4 N–H and O–H groups in total. The lowest BCUT2D eigenvalue weighted by molar-refractivity contribution is -0.142. The minimum Gasteiger partial charge on any atom is -0.468 e. The zero-order valence-electron chi connectivity index (χ0n) is 10.9. The molecule has 2 rings (SSSR count). The van der Waals surface area contributed by atoms with Crippen LogP contribution in [-0.4, -0.2) is 24.1 Å². The molecule has 7 heteroatoms. The van der Waals surface area contributed by atoms with Crippen molar-refractivity contribution in [3.05, 3.63) is 36.0 Å². The number of halogens is 2. The zero-order chi connectivity index (χ0) is 13.1. The van der Waals surface area contributed by atoms with E-state index in [1.165, 1.54) is 7.11 Å². The van der Waals surface area contributed by atoms with Crippen molar-refractivity contribution in [1.82, 2.24) is 4.98 Å². The van der Waals surface area contributed by atoms with Crippen molar-refractivity contribution in [2.24, 2.45) is 5.73 Å². The van der Waals surface area contributed by atoms with Crippen molar-refractivity contribution < 1.29 is 9.53 Å². The summed E-state index contributed by atoms with van der Waals surface area (Å²) in [5.74, 6) is 0.0839. The standard InChI is InChI=1S/C13H15N3O2.2ClH/c1-18-13(17)11(14)7-8-2-3-10-9(6-8)4-5-16-12(10)15;;/h2-6,11H,7,14H2,1H3,(H2,15,16);2*1H. The lowest BCUT2D eigenvalue weighted by Crippen LogP contribution is -2.33. The molecule has 1 unspecified atom stereocenters. The molecule has 0 fully saturated rings. The number of nitrogens with zero attached hydrogens (tertiary/aromatic N) is 1. The van der Waals surface area contributed by atoms with E-state index in [9.17, 15) is 4.79 Å². The quantitative estimate of drug-likeness (QED) is 0.841. The van der Waals surface area contributed by atoms with Crippen LogP contribution < -0.4 is 11.5 Å². The number of ether oxygens (including phenoxy) is 1. The molecule has 0 aliphatic rings. The molecule has 5 nitrogen and oxygen atoms in total. The molecule has 110 valence electrons. The minimum absolute atomic E-state index is 0. The topological polar surface area (TPSA) is 91.2 Å². The first-order chi connectivity index (χ1) is 8.61. The number of esters is 1. The molecule has 1 heterocycles. The fourth-order valence-corrected chi connectivity index (χ4v) is 1.87. The maximum absolute atomic E-state index is 11.3. The van der Waals surface area contributed by atoms with Crippen molar-refractivity contribution in [2.45, 2.75) is 12.5 Å². The normalized spacial score (nSPS) is 11.1. The lowest BCUT2D eigenvalue weighted by Gasteiger charge is -2.10. The molecular formula is C13H17Cl2N3O2. The number of pyridine rings is 1. The average molecular weight is 318 g/mol. The van der Waals surface area contributed by atoms with Gasteiger partial charge >= 0.3 is 5.97 Å². The predicted molar refractivity (Wildman–Crippen MR) is 84.3 cm³/mol. The van der Waals surface area contributed by atoms with E-state index >= 15 is 0 Å². The molecule has 1 atom stereocenters. The zero-order valence-corrected chi connectivity index (χ0v) is 12.5. The van der Waals surface area contributed by atoms with Crippen molar-refractivity contribution >= 4 is 47.4 Å². The van der Waals surface area contributed by atoms with E-state index in [0.717, 1.165) is 16.3 Å². The molecule has 0 amide bonds. The molecule has 0 radical (unpaired) electrons. The van der Waals surface area contributed by atoms with Gasteiger partial charge in [-0.3, -0.25) is 4.79 Å². The van der Waals surface area contributed by atoms with Gasteiger partial charge in [-0.2, -0.15) is 0 Å². The summed E-state index contributed by atoms with van der Waals surface area (Å²) in [5.41, 5.74) is 12.5. The lowest BCUT2D eigenvalue weighted by atomic mass is 10.0. The molecule has 0 bridgehead atoms. The summed E-state index contributed by atoms with van der Waals surface area (Å²) in [4.78, 5) is 15.3. The fraction of sp³-hybridized carbons (Fsp3) is 0.231. The number of fused-ring (bicyclic) bond motifs is 1. The Morgan fingerprint density at radius 2 is 2.05 bits per heavy atom. The average Bonchev–Trinajstić information content (AvgIpc) is 2.38. The Hall–Kier alpha value is -1.56. The van der Waals surface area contributed by atoms with E-state index in [-0.39, 0.29) is 24.8 Å². The van der Waals surface area contributed by atoms with Crippen LogP contribution in [0.1, 0.15) is 5.56 Å². The number of nitrogens with two attached hydrogens (primary N) is 2. The van der Waals surface area contributed by atoms with Crippen LogP contribution in [0, 0.1) is 0 Å².